The maximum absolute atomic E-state index is 12.4. The number of carbonyl (C=O) groups excluding carboxylic acids is 1. The first kappa shape index (κ1) is 17.6. The topological polar surface area (TPSA) is 29.1 Å². The average Bonchev–Trinajstić information content (AvgIpc) is 2.59. The Kier molecular flexibility index (Phi) is 6.72. The van der Waals surface area contributed by atoms with Crippen LogP contribution in [0.5, 0.6) is 0 Å². The molecule has 122 valence electrons. The molecule has 0 aliphatic heterocycles. The van der Waals surface area contributed by atoms with E-state index in [-0.39, 0.29) is 17.2 Å². The fraction of sp³-hybridized carbons (Fsp3) is 0.350. The van der Waals surface area contributed by atoms with Gasteiger partial charge in [-0.1, -0.05) is 67.1 Å². The van der Waals surface area contributed by atoms with Crippen molar-refractivity contribution in [2.75, 3.05) is 0 Å². The third-order valence-corrected chi connectivity index (χ3v) is 5.13. The van der Waals surface area contributed by atoms with Crippen molar-refractivity contribution >= 4 is 17.7 Å². The van der Waals surface area contributed by atoms with Crippen LogP contribution in [0.2, 0.25) is 0 Å². The summed E-state index contributed by atoms with van der Waals surface area (Å²) in [6.07, 6.45) is 0.894. The first-order chi connectivity index (χ1) is 11.1. The summed E-state index contributed by atoms with van der Waals surface area (Å²) in [6.45, 7) is 6.16. The predicted molar refractivity (Wildman–Crippen MR) is 99.6 cm³/mol. The number of rotatable bonds is 7. The Bertz CT molecular complexity index is 609. The van der Waals surface area contributed by atoms with Crippen LogP contribution in [-0.4, -0.2) is 11.2 Å². The zero-order valence-corrected chi connectivity index (χ0v) is 14.9. The minimum absolute atomic E-state index is 0.0605. The summed E-state index contributed by atoms with van der Waals surface area (Å²) in [5.41, 5.74) is 3.66. The SMILES string of the molecule is CCC(NC(=O)C(C)SCc1ccccc1)c1ccc(C)cc1. The van der Waals surface area contributed by atoms with Crippen LogP contribution < -0.4 is 5.32 Å². The molecule has 0 aliphatic rings. The Morgan fingerprint density at radius 3 is 2.35 bits per heavy atom. The largest absolute Gasteiger partial charge is 0.348 e. The first-order valence-electron chi connectivity index (χ1n) is 8.12. The van der Waals surface area contributed by atoms with Crippen molar-refractivity contribution in [2.24, 2.45) is 0 Å². The summed E-state index contributed by atoms with van der Waals surface area (Å²) in [6, 6.07) is 18.8. The van der Waals surface area contributed by atoms with Gasteiger partial charge >= 0.3 is 0 Å². The molecule has 1 N–H and O–H groups in total. The van der Waals surface area contributed by atoms with Gasteiger partial charge in [0.25, 0.3) is 0 Å². The van der Waals surface area contributed by atoms with Crippen LogP contribution in [0.3, 0.4) is 0 Å². The van der Waals surface area contributed by atoms with Crippen molar-refractivity contribution in [3.63, 3.8) is 0 Å². The monoisotopic (exact) mass is 327 g/mol. The number of carbonyl (C=O) groups is 1. The molecule has 0 heterocycles. The molecular weight excluding hydrogens is 302 g/mol. The zero-order chi connectivity index (χ0) is 16.7. The summed E-state index contributed by atoms with van der Waals surface area (Å²) >= 11 is 1.68. The normalized spacial score (nSPS) is 13.3. The second-order valence-electron chi connectivity index (χ2n) is 5.82. The number of benzene rings is 2. The Labute approximate surface area is 143 Å². The number of hydrogen-bond donors (Lipinski definition) is 1. The first-order valence-corrected chi connectivity index (χ1v) is 9.17. The lowest BCUT2D eigenvalue weighted by Crippen LogP contribution is -2.34. The van der Waals surface area contributed by atoms with Crippen LogP contribution in [-0.2, 0) is 10.5 Å². The van der Waals surface area contributed by atoms with Gasteiger partial charge in [0.05, 0.1) is 11.3 Å². The lowest BCUT2D eigenvalue weighted by Gasteiger charge is -2.20. The van der Waals surface area contributed by atoms with Crippen LogP contribution in [0.4, 0.5) is 0 Å². The maximum atomic E-state index is 12.4. The van der Waals surface area contributed by atoms with E-state index in [1.807, 2.05) is 25.1 Å². The lowest BCUT2D eigenvalue weighted by molar-refractivity contribution is -0.121. The third kappa shape index (κ3) is 5.43. The molecule has 0 aliphatic carbocycles. The quantitative estimate of drug-likeness (QED) is 0.785. The molecule has 2 aromatic carbocycles. The number of thioether (sulfide) groups is 1. The van der Waals surface area contributed by atoms with E-state index in [4.69, 9.17) is 0 Å². The minimum Gasteiger partial charge on any atom is -0.348 e. The number of amides is 1. The molecule has 0 radical (unpaired) electrons. The van der Waals surface area contributed by atoms with E-state index in [1.165, 1.54) is 16.7 Å². The Hall–Kier alpha value is -1.74. The average molecular weight is 327 g/mol. The van der Waals surface area contributed by atoms with Gasteiger partial charge in [-0.25, -0.2) is 0 Å². The van der Waals surface area contributed by atoms with Crippen molar-refractivity contribution in [3.8, 4) is 0 Å². The Morgan fingerprint density at radius 1 is 1.09 bits per heavy atom. The highest BCUT2D eigenvalue weighted by Crippen LogP contribution is 2.21. The highest BCUT2D eigenvalue weighted by Gasteiger charge is 2.18. The molecule has 0 aromatic heterocycles. The van der Waals surface area contributed by atoms with Gasteiger partial charge in [-0.3, -0.25) is 4.79 Å². The fourth-order valence-electron chi connectivity index (χ4n) is 2.38. The lowest BCUT2D eigenvalue weighted by atomic mass is 10.0. The number of hydrogen-bond acceptors (Lipinski definition) is 2. The Morgan fingerprint density at radius 2 is 1.74 bits per heavy atom. The minimum atomic E-state index is -0.0605. The van der Waals surface area contributed by atoms with Crippen molar-refractivity contribution in [3.05, 3.63) is 71.3 Å². The van der Waals surface area contributed by atoms with E-state index in [1.54, 1.807) is 11.8 Å². The van der Waals surface area contributed by atoms with Crippen molar-refractivity contribution < 1.29 is 4.79 Å². The number of nitrogens with one attached hydrogen (secondary N) is 1. The molecule has 0 spiro atoms. The molecule has 1 amide bonds. The van der Waals surface area contributed by atoms with Gasteiger partial charge in [-0.05, 0) is 31.4 Å². The molecule has 0 bridgehead atoms. The van der Waals surface area contributed by atoms with E-state index in [0.29, 0.717) is 0 Å². The van der Waals surface area contributed by atoms with Crippen LogP contribution in [0.25, 0.3) is 0 Å². The van der Waals surface area contributed by atoms with Crippen molar-refractivity contribution in [1.29, 1.82) is 0 Å². The van der Waals surface area contributed by atoms with Crippen LogP contribution in [0, 0.1) is 6.92 Å². The van der Waals surface area contributed by atoms with E-state index < -0.39 is 0 Å². The summed E-state index contributed by atoms with van der Waals surface area (Å²) < 4.78 is 0. The smallest absolute Gasteiger partial charge is 0.233 e. The molecule has 2 atom stereocenters. The Balaban J connectivity index is 1.89. The van der Waals surface area contributed by atoms with E-state index in [9.17, 15) is 4.79 Å². The molecule has 2 aromatic rings. The molecule has 0 saturated carbocycles. The highest BCUT2D eigenvalue weighted by molar-refractivity contribution is 7.99. The van der Waals surface area contributed by atoms with E-state index in [2.05, 4.69) is 55.6 Å². The molecule has 0 fully saturated rings. The molecule has 3 heteroatoms. The summed E-state index contributed by atoms with van der Waals surface area (Å²) in [7, 11) is 0. The van der Waals surface area contributed by atoms with Gasteiger partial charge in [-0.15, -0.1) is 11.8 Å². The second kappa shape index (κ2) is 8.78. The molecule has 2 nitrogen and oxygen atoms in total. The number of aryl methyl sites for hydroxylation is 1. The molecule has 2 unspecified atom stereocenters. The van der Waals surface area contributed by atoms with Gasteiger partial charge < -0.3 is 5.32 Å². The van der Waals surface area contributed by atoms with Crippen LogP contribution >= 0.6 is 11.8 Å². The summed E-state index contributed by atoms with van der Waals surface area (Å²) in [5, 5.41) is 3.12. The van der Waals surface area contributed by atoms with Gasteiger partial charge in [0, 0.05) is 5.75 Å². The maximum Gasteiger partial charge on any atom is 0.233 e. The van der Waals surface area contributed by atoms with Crippen molar-refractivity contribution in [2.45, 2.75) is 44.2 Å². The molecule has 2 rings (SSSR count). The van der Waals surface area contributed by atoms with Crippen LogP contribution in [0.15, 0.2) is 54.6 Å². The van der Waals surface area contributed by atoms with E-state index in [0.717, 1.165) is 12.2 Å². The summed E-state index contributed by atoms with van der Waals surface area (Å²) in [5.74, 6) is 0.967. The second-order valence-corrected chi connectivity index (χ2v) is 7.15. The van der Waals surface area contributed by atoms with Gasteiger partial charge in [0.1, 0.15) is 0 Å². The predicted octanol–water partition coefficient (Wildman–Crippen LogP) is 4.88. The molecular formula is C20H25NOS. The van der Waals surface area contributed by atoms with Crippen molar-refractivity contribution in [1.82, 2.24) is 5.32 Å². The van der Waals surface area contributed by atoms with E-state index >= 15 is 0 Å². The molecule has 0 saturated heterocycles. The molecule has 23 heavy (non-hydrogen) atoms. The third-order valence-electron chi connectivity index (χ3n) is 3.92. The van der Waals surface area contributed by atoms with Gasteiger partial charge in [-0.2, -0.15) is 0 Å². The fourth-order valence-corrected chi connectivity index (χ4v) is 3.23. The van der Waals surface area contributed by atoms with Gasteiger partial charge in [0.15, 0.2) is 0 Å². The standard InChI is InChI=1S/C20H25NOS/c1-4-19(18-12-10-15(2)11-13-18)21-20(22)16(3)23-14-17-8-6-5-7-9-17/h5-13,16,19H,4,14H2,1-3H3,(H,21,22). The highest BCUT2D eigenvalue weighted by atomic mass is 32.2. The zero-order valence-electron chi connectivity index (χ0n) is 14.1. The van der Waals surface area contributed by atoms with Crippen LogP contribution in [0.1, 0.15) is 43.0 Å². The summed E-state index contributed by atoms with van der Waals surface area (Å²) in [4.78, 5) is 12.4. The van der Waals surface area contributed by atoms with Gasteiger partial charge in [0.2, 0.25) is 5.91 Å².